The third-order valence-electron chi connectivity index (χ3n) is 4.29. The summed E-state index contributed by atoms with van der Waals surface area (Å²) < 4.78 is 0. The molecule has 3 heterocycles. The van der Waals surface area contributed by atoms with Crippen LogP contribution in [0, 0.1) is 0 Å². The zero-order valence-electron chi connectivity index (χ0n) is 15.4. The Morgan fingerprint density at radius 2 is 1.66 bits per heavy atom. The molecule has 0 bridgehead atoms. The smallest absolute Gasteiger partial charge is 0.274 e. The highest BCUT2D eigenvalue weighted by Crippen LogP contribution is 2.21. The Bertz CT molecular complexity index is 1170. The number of rotatable bonds is 5. The van der Waals surface area contributed by atoms with Crippen LogP contribution in [0.4, 0.5) is 5.69 Å². The predicted molar refractivity (Wildman–Crippen MR) is 109 cm³/mol. The van der Waals surface area contributed by atoms with E-state index in [4.69, 9.17) is 0 Å². The second-order valence-electron chi connectivity index (χ2n) is 6.27. The van der Waals surface area contributed by atoms with E-state index in [1.54, 1.807) is 24.5 Å². The van der Waals surface area contributed by atoms with E-state index in [0.29, 0.717) is 23.3 Å². The molecular formula is C22H17N5O2. The van der Waals surface area contributed by atoms with Crippen LogP contribution in [0.15, 0.2) is 79.3 Å². The van der Waals surface area contributed by atoms with Crippen LogP contribution in [-0.2, 0) is 6.54 Å². The van der Waals surface area contributed by atoms with Gasteiger partial charge in [0.15, 0.2) is 0 Å². The van der Waals surface area contributed by atoms with E-state index in [1.165, 1.54) is 12.3 Å². The van der Waals surface area contributed by atoms with Crippen LogP contribution < -0.4 is 10.6 Å². The third kappa shape index (κ3) is 4.24. The number of aromatic nitrogens is 3. The first kappa shape index (κ1) is 18.2. The van der Waals surface area contributed by atoms with Crippen molar-refractivity contribution in [3.05, 3.63) is 96.2 Å². The highest BCUT2D eigenvalue weighted by molar-refractivity contribution is 6.08. The average Bonchev–Trinajstić information content (AvgIpc) is 2.78. The number of anilines is 1. The molecule has 7 nitrogen and oxygen atoms in total. The maximum atomic E-state index is 12.7. The Morgan fingerprint density at radius 3 is 2.52 bits per heavy atom. The fourth-order valence-corrected chi connectivity index (χ4v) is 2.86. The van der Waals surface area contributed by atoms with Gasteiger partial charge in [0.1, 0.15) is 5.69 Å². The summed E-state index contributed by atoms with van der Waals surface area (Å²) in [5.41, 5.74) is 2.50. The minimum absolute atomic E-state index is 0.142. The van der Waals surface area contributed by atoms with Gasteiger partial charge in [-0.25, -0.2) is 0 Å². The number of pyridine rings is 3. The highest BCUT2D eigenvalue weighted by atomic mass is 16.2. The van der Waals surface area contributed by atoms with E-state index in [2.05, 4.69) is 25.6 Å². The molecule has 0 atom stereocenters. The Balaban J connectivity index is 1.49. The molecule has 4 rings (SSSR count). The molecule has 2 N–H and O–H groups in total. The Morgan fingerprint density at radius 1 is 0.793 bits per heavy atom. The number of benzene rings is 1. The van der Waals surface area contributed by atoms with E-state index < -0.39 is 5.91 Å². The number of carbonyl (C=O) groups excluding carboxylic acids is 2. The van der Waals surface area contributed by atoms with Crippen molar-refractivity contribution < 1.29 is 9.59 Å². The van der Waals surface area contributed by atoms with Gasteiger partial charge in [-0.05, 0) is 36.4 Å². The Hall–Kier alpha value is -4.13. The highest BCUT2D eigenvalue weighted by Gasteiger charge is 2.13. The standard InChI is InChI=1S/C22H17N5O2/c28-21(26-14-17-7-1-2-10-23-17)16-9-12-24-19(13-16)22(29)27-18-8-3-5-15-6-4-11-25-20(15)18/h1-13H,14H2,(H,26,28)(H,27,29). The van der Waals surface area contributed by atoms with Gasteiger partial charge in [-0.1, -0.05) is 24.3 Å². The summed E-state index contributed by atoms with van der Waals surface area (Å²) in [4.78, 5) is 37.7. The van der Waals surface area contributed by atoms with Gasteiger partial charge in [0.25, 0.3) is 11.8 Å². The van der Waals surface area contributed by atoms with Crippen LogP contribution in [0.3, 0.4) is 0 Å². The lowest BCUT2D eigenvalue weighted by Crippen LogP contribution is -2.24. The number of carbonyl (C=O) groups is 2. The van der Waals surface area contributed by atoms with E-state index in [0.717, 1.165) is 11.1 Å². The Kier molecular flexibility index (Phi) is 5.20. The van der Waals surface area contributed by atoms with Gasteiger partial charge in [0.2, 0.25) is 0 Å². The molecule has 29 heavy (non-hydrogen) atoms. The molecule has 1 aromatic carbocycles. The number of nitrogens with zero attached hydrogens (tertiary/aromatic N) is 3. The monoisotopic (exact) mass is 383 g/mol. The van der Waals surface area contributed by atoms with E-state index in [1.807, 2.05) is 42.5 Å². The zero-order chi connectivity index (χ0) is 20.1. The average molecular weight is 383 g/mol. The quantitative estimate of drug-likeness (QED) is 0.552. The van der Waals surface area contributed by atoms with Crippen molar-refractivity contribution in [1.29, 1.82) is 0 Å². The normalized spacial score (nSPS) is 10.5. The van der Waals surface area contributed by atoms with Gasteiger partial charge in [-0.15, -0.1) is 0 Å². The minimum atomic E-state index is -0.414. The number of fused-ring (bicyclic) bond motifs is 1. The number of para-hydroxylation sites is 1. The fourth-order valence-electron chi connectivity index (χ4n) is 2.86. The molecular weight excluding hydrogens is 366 g/mol. The van der Waals surface area contributed by atoms with Crippen LogP contribution in [0.1, 0.15) is 26.5 Å². The second kappa shape index (κ2) is 8.26. The lowest BCUT2D eigenvalue weighted by atomic mass is 10.1. The molecule has 2 amide bonds. The van der Waals surface area contributed by atoms with Crippen molar-refractivity contribution in [3.8, 4) is 0 Å². The van der Waals surface area contributed by atoms with Crippen molar-refractivity contribution in [2.75, 3.05) is 5.32 Å². The molecule has 142 valence electrons. The summed E-state index contributed by atoms with van der Waals surface area (Å²) in [7, 11) is 0. The zero-order valence-corrected chi connectivity index (χ0v) is 15.4. The molecule has 0 spiro atoms. The van der Waals surface area contributed by atoms with E-state index in [9.17, 15) is 9.59 Å². The summed E-state index contributed by atoms with van der Waals surface area (Å²) in [6.45, 7) is 0.297. The van der Waals surface area contributed by atoms with Crippen LogP contribution >= 0.6 is 0 Å². The first-order valence-corrected chi connectivity index (χ1v) is 9.00. The lowest BCUT2D eigenvalue weighted by molar-refractivity contribution is 0.0950. The maximum Gasteiger partial charge on any atom is 0.274 e. The molecule has 0 radical (unpaired) electrons. The number of hydrogen-bond acceptors (Lipinski definition) is 5. The summed E-state index contributed by atoms with van der Waals surface area (Å²) in [5, 5.41) is 6.52. The van der Waals surface area contributed by atoms with Gasteiger partial charge < -0.3 is 10.6 Å². The van der Waals surface area contributed by atoms with Crippen LogP contribution in [0.25, 0.3) is 10.9 Å². The summed E-state index contributed by atoms with van der Waals surface area (Å²) in [6.07, 6.45) is 4.77. The number of amides is 2. The molecule has 0 aliphatic rings. The number of nitrogens with one attached hydrogen (secondary N) is 2. The Labute approximate surface area is 166 Å². The molecule has 0 aliphatic carbocycles. The van der Waals surface area contributed by atoms with Crippen molar-refractivity contribution in [2.24, 2.45) is 0 Å². The van der Waals surface area contributed by atoms with Crippen molar-refractivity contribution in [3.63, 3.8) is 0 Å². The first-order chi connectivity index (χ1) is 14.2. The summed E-state index contributed by atoms with van der Waals surface area (Å²) in [5.74, 6) is -0.721. The molecule has 0 aliphatic heterocycles. The molecule has 4 aromatic rings. The number of hydrogen-bond donors (Lipinski definition) is 2. The van der Waals surface area contributed by atoms with Crippen molar-refractivity contribution >= 4 is 28.4 Å². The van der Waals surface area contributed by atoms with Crippen LogP contribution in [-0.4, -0.2) is 26.8 Å². The second-order valence-corrected chi connectivity index (χ2v) is 6.27. The van der Waals surface area contributed by atoms with Gasteiger partial charge in [-0.2, -0.15) is 0 Å². The topological polar surface area (TPSA) is 96.9 Å². The van der Waals surface area contributed by atoms with Gasteiger partial charge >= 0.3 is 0 Å². The molecule has 0 unspecified atom stereocenters. The molecule has 3 aromatic heterocycles. The molecule has 0 fully saturated rings. The van der Waals surface area contributed by atoms with Gasteiger partial charge in [-0.3, -0.25) is 24.5 Å². The van der Waals surface area contributed by atoms with Crippen LogP contribution in [0.5, 0.6) is 0 Å². The maximum absolute atomic E-state index is 12.7. The largest absolute Gasteiger partial charge is 0.346 e. The summed E-state index contributed by atoms with van der Waals surface area (Å²) >= 11 is 0. The SMILES string of the molecule is O=C(NCc1ccccn1)c1ccnc(C(=O)Nc2cccc3cccnc23)c1. The van der Waals surface area contributed by atoms with Crippen LogP contribution in [0.2, 0.25) is 0 Å². The van der Waals surface area contributed by atoms with Crippen molar-refractivity contribution in [1.82, 2.24) is 20.3 Å². The van der Waals surface area contributed by atoms with E-state index in [-0.39, 0.29) is 11.6 Å². The van der Waals surface area contributed by atoms with Gasteiger partial charge in [0, 0.05) is 29.5 Å². The first-order valence-electron chi connectivity index (χ1n) is 9.00. The fraction of sp³-hybridized carbons (Fsp3) is 0.0455. The predicted octanol–water partition coefficient (Wildman–Crippen LogP) is 3.21. The lowest BCUT2D eigenvalue weighted by Gasteiger charge is -2.09. The minimum Gasteiger partial charge on any atom is -0.346 e. The molecule has 0 saturated heterocycles. The molecule has 7 heteroatoms. The van der Waals surface area contributed by atoms with Gasteiger partial charge in [0.05, 0.1) is 23.4 Å². The van der Waals surface area contributed by atoms with Crippen molar-refractivity contribution in [2.45, 2.75) is 6.54 Å². The summed E-state index contributed by atoms with van der Waals surface area (Å²) in [6, 6.07) is 17.8. The van der Waals surface area contributed by atoms with E-state index >= 15 is 0 Å². The molecule has 0 saturated carbocycles. The third-order valence-corrected chi connectivity index (χ3v) is 4.29.